The van der Waals surface area contributed by atoms with Crippen molar-refractivity contribution in [3.05, 3.63) is 0 Å². The Balaban J connectivity index is 3.33. The fraction of sp³-hybridized carbons (Fsp3) is 1.00. The monoisotopic (exact) mass is 193 g/mol. The summed E-state index contributed by atoms with van der Waals surface area (Å²) in [7, 11) is 0. The van der Waals surface area contributed by atoms with Gasteiger partial charge in [0.1, 0.15) is 0 Å². The molecule has 0 spiro atoms. The zero-order valence-corrected chi connectivity index (χ0v) is 7.87. The van der Waals surface area contributed by atoms with E-state index in [-0.39, 0.29) is 4.32 Å². The molecule has 0 aromatic rings. The molecule has 0 aliphatic heterocycles. The van der Waals surface area contributed by atoms with Crippen LogP contribution in [0.5, 0.6) is 0 Å². The van der Waals surface area contributed by atoms with E-state index in [1.807, 2.05) is 0 Å². The first-order valence-electron chi connectivity index (χ1n) is 3.51. The van der Waals surface area contributed by atoms with E-state index in [0.29, 0.717) is 0 Å². The minimum atomic E-state index is 0.184. The fourth-order valence-corrected chi connectivity index (χ4v) is 0.928. The van der Waals surface area contributed by atoms with Gasteiger partial charge >= 0.3 is 0 Å². The van der Waals surface area contributed by atoms with Crippen molar-refractivity contribution < 1.29 is 0 Å². The van der Waals surface area contributed by atoms with Crippen molar-refractivity contribution in [1.29, 1.82) is 0 Å². The number of halogens is 1. The minimum Gasteiger partial charge on any atom is -0.329 e. The van der Waals surface area contributed by atoms with Gasteiger partial charge in [-0.2, -0.15) is 0 Å². The van der Waals surface area contributed by atoms with Crippen molar-refractivity contribution in [1.82, 2.24) is 0 Å². The van der Waals surface area contributed by atoms with Crippen molar-refractivity contribution in [2.75, 3.05) is 6.54 Å². The van der Waals surface area contributed by atoms with Gasteiger partial charge in [0.05, 0.1) is 0 Å². The van der Waals surface area contributed by atoms with Crippen molar-refractivity contribution in [2.45, 2.75) is 37.4 Å². The molecule has 0 heterocycles. The van der Waals surface area contributed by atoms with E-state index in [0.717, 1.165) is 6.54 Å². The molecule has 0 rings (SSSR count). The summed E-state index contributed by atoms with van der Waals surface area (Å²) >= 11 is 3.56. The van der Waals surface area contributed by atoms with Gasteiger partial charge in [0.15, 0.2) is 0 Å². The summed E-state index contributed by atoms with van der Waals surface area (Å²) < 4.78 is 0.184. The summed E-state index contributed by atoms with van der Waals surface area (Å²) in [5, 5.41) is 0. The molecule has 0 radical (unpaired) electrons. The molecule has 1 unspecified atom stereocenters. The van der Waals surface area contributed by atoms with E-state index in [4.69, 9.17) is 5.73 Å². The lowest BCUT2D eigenvalue weighted by Crippen LogP contribution is -2.26. The van der Waals surface area contributed by atoms with Gasteiger partial charge in [-0.1, -0.05) is 35.7 Å². The fourth-order valence-electron chi connectivity index (χ4n) is 0.647. The summed E-state index contributed by atoms with van der Waals surface area (Å²) in [5.41, 5.74) is 5.50. The largest absolute Gasteiger partial charge is 0.329 e. The molecule has 2 N–H and O–H groups in total. The molecule has 56 valence electrons. The summed E-state index contributed by atoms with van der Waals surface area (Å²) in [6, 6.07) is 0. The van der Waals surface area contributed by atoms with Gasteiger partial charge in [-0.05, 0) is 13.3 Å². The van der Waals surface area contributed by atoms with Gasteiger partial charge in [-0.3, -0.25) is 0 Å². The Hall–Kier alpha value is 0.440. The molecule has 0 saturated heterocycles. The van der Waals surface area contributed by atoms with Crippen LogP contribution in [0, 0.1) is 0 Å². The molecular formula is C7H16BrN. The van der Waals surface area contributed by atoms with E-state index in [2.05, 4.69) is 29.8 Å². The molecule has 2 heteroatoms. The van der Waals surface area contributed by atoms with Crippen LogP contribution in [0.4, 0.5) is 0 Å². The van der Waals surface area contributed by atoms with E-state index in [1.54, 1.807) is 0 Å². The zero-order valence-electron chi connectivity index (χ0n) is 6.28. The third-order valence-corrected chi connectivity index (χ3v) is 2.20. The third kappa shape index (κ3) is 4.91. The molecule has 0 saturated carbocycles. The highest BCUT2D eigenvalue weighted by Crippen LogP contribution is 2.22. The number of hydrogen-bond donors (Lipinski definition) is 1. The van der Waals surface area contributed by atoms with Crippen molar-refractivity contribution >= 4 is 15.9 Å². The summed E-state index contributed by atoms with van der Waals surface area (Å²) in [4.78, 5) is 0. The first-order chi connectivity index (χ1) is 4.12. The van der Waals surface area contributed by atoms with Crippen LogP contribution < -0.4 is 5.73 Å². The Morgan fingerprint density at radius 3 is 2.44 bits per heavy atom. The smallest absolute Gasteiger partial charge is 0.0351 e. The Bertz CT molecular complexity index is 71.3. The lowest BCUT2D eigenvalue weighted by Gasteiger charge is -2.18. The maximum atomic E-state index is 5.50. The van der Waals surface area contributed by atoms with Crippen LogP contribution in [0.3, 0.4) is 0 Å². The highest BCUT2D eigenvalue weighted by Gasteiger charge is 2.15. The quantitative estimate of drug-likeness (QED) is 0.682. The molecular weight excluding hydrogens is 178 g/mol. The van der Waals surface area contributed by atoms with Crippen molar-refractivity contribution in [3.63, 3.8) is 0 Å². The van der Waals surface area contributed by atoms with Crippen LogP contribution in [-0.4, -0.2) is 10.9 Å². The first kappa shape index (κ1) is 9.44. The topological polar surface area (TPSA) is 26.0 Å². The second kappa shape index (κ2) is 4.29. The van der Waals surface area contributed by atoms with Gasteiger partial charge in [-0.25, -0.2) is 0 Å². The highest BCUT2D eigenvalue weighted by atomic mass is 79.9. The number of nitrogens with two attached hydrogens (primary N) is 1. The molecule has 1 atom stereocenters. The third-order valence-electron chi connectivity index (χ3n) is 1.48. The second-order valence-electron chi connectivity index (χ2n) is 2.72. The molecule has 0 fully saturated rings. The Morgan fingerprint density at radius 2 is 2.11 bits per heavy atom. The van der Waals surface area contributed by atoms with Crippen LogP contribution in [-0.2, 0) is 0 Å². The van der Waals surface area contributed by atoms with E-state index >= 15 is 0 Å². The number of unbranched alkanes of at least 4 members (excludes halogenated alkanes) is 1. The van der Waals surface area contributed by atoms with Crippen LogP contribution >= 0.6 is 15.9 Å². The lowest BCUT2D eigenvalue weighted by atomic mass is 10.1. The van der Waals surface area contributed by atoms with Gasteiger partial charge in [0.25, 0.3) is 0 Å². The molecule has 0 aliphatic rings. The molecule has 0 bridgehead atoms. The molecule has 0 amide bonds. The molecule has 1 nitrogen and oxygen atoms in total. The predicted molar refractivity (Wildman–Crippen MR) is 45.9 cm³/mol. The van der Waals surface area contributed by atoms with Gasteiger partial charge in [0, 0.05) is 10.9 Å². The average Bonchev–Trinajstić information content (AvgIpc) is 1.84. The zero-order chi connectivity index (χ0) is 7.33. The maximum Gasteiger partial charge on any atom is 0.0351 e. The SMILES string of the molecule is CCCCC(C)(Br)CN. The second-order valence-corrected chi connectivity index (χ2v) is 4.64. The van der Waals surface area contributed by atoms with E-state index in [1.165, 1.54) is 19.3 Å². The predicted octanol–water partition coefficient (Wildman–Crippen LogP) is 2.29. The number of hydrogen-bond acceptors (Lipinski definition) is 1. The van der Waals surface area contributed by atoms with Gasteiger partial charge < -0.3 is 5.73 Å². The highest BCUT2D eigenvalue weighted by molar-refractivity contribution is 9.10. The molecule has 0 aliphatic carbocycles. The molecule has 9 heavy (non-hydrogen) atoms. The Morgan fingerprint density at radius 1 is 1.56 bits per heavy atom. The normalized spacial score (nSPS) is 17.3. The number of alkyl halides is 1. The lowest BCUT2D eigenvalue weighted by molar-refractivity contribution is 0.571. The Kier molecular flexibility index (Phi) is 4.50. The summed E-state index contributed by atoms with van der Waals surface area (Å²) in [6.45, 7) is 5.06. The van der Waals surface area contributed by atoms with Gasteiger partial charge in [-0.15, -0.1) is 0 Å². The minimum absolute atomic E-state index is 0.184. The maximum absolute atomic E-state index is 5.50. The van der Waals surface area contributed by atoms with E-state index in [9.17, 15) is 0 Å². The van der Waals surface area contributed by atoms with Crippen LogP contribution in [0.25, 0.3) is 0 Å². The average molecular weight is 194 g/mol. The van der Waals surface area contributed by atoms with Crippen LogP contribution in [0.2, 0.25) is 0 Å². The van der Waals surface area contributed by atoms with Crippen LogP contribution in [0.1, 0.15) is 33.1 Å². The van der Waals surface area contributed by atoms with Crippen LogP contribution in [0.15, 0.2) is 0 Å². The number of rotatable bonds is 4. The van der Waals surface area contributed by atoms with Crippen molar-refractivity contribution in [3.8, 4) is 0 Å². The van der Waals surface area contributed by atoms with Crippen molar-refractivity contribution in [2.24, 2.45) is 5.73 Å². The summed E-state index contributed by atoms with van der Waals surface area (Å²) in [6.07, 6.45) is 3.69. The molecule has 0 aromatic carbocycles. The Labute approximate surface area is 66.1 Å². The first-order valence-corrected chi connectivity index (χ1v) is 4.30. The standard InChI is InChI=1S/C7H16BrN/c1-3-4-5-7(2,8)6-9/h3-6,9H2,1-2H3. The van der Waals surface area contributed by atoms with E-state index < -0.39 is 0 Å². The summed E-state index contributed by atoms with van der Waals surface area (Å²) in [5.74, 6) is 0. The van der Waals surface area contributed by atoms with Gasteiger partial charge in [0.2, 0.25) is 0 Å². The molecule has 0 aromatic heterocycles.